The van der Waals surface area contributed by atoms with E-state index in [2.05, 4.69) is 29.6 Å². The average Bonchev–Trinajstić information content (AvgIpc) is 3.33. The third-order valence-electron chi connectivity index (χ3n) is 4.17. The Hall–Kier alpha value is -1.94. The number of carbonyl (C=O) groups excluding carboxylic acids is 1. The molecule has 23 heavy (non-hydrogen) atoms. The number of amides is 1. The lowest BCUT2D eigenvalue weighted by atomic mass is 10.1. The largest absolute Gasteiger partial charge is 0.399 e. The molecule has 0 unspecified atom stereocenters. The summed E-state index contributed by atoms with van der Waals surface area (Å²) in [6, 6.07) is 18.1. The van der Waals surface area contributed by atoms with Gasteiger partial charge in [0.05, 0.1) is 0 Å². The molecule has 3 nitrogen and oxygen atoms in total. The zero-order valence-corrected chi connectivity index (χ0v) is 13.9. The number of para-hydroxylation sites is 1. The zero-order valence-electron chi connectivity index (χ0n) is 13.1. The molecule has 0 atom stereocenters. The Labute approximate surface area is 141 Å². The molecule has 0 aromatic heterocycles. The van der Waals surface area contributed by atoms with Crippen LogP contribution in [-0.4, -0.2) is 17.2 Å². The van der Waals surface area contributed by atoms with Crippen molar-refractivity contribution >= 4 is 23.4 Å². The molecule has 0 spiro atoms. The first-order chi connectivity index (χ1) is 11.2. The van der Waals surface area contributed by atoms with E-state index in [1.165, 1.54) is 17.7 Å². The summed E-state index contributed by atoms with van der Waals surface area (Å²) < 4.78 is 0.197. The molecule has 1 amide bonds. The Morgan fingerprint density at radius 2 is 1.78 bits per heavy atom. The van der Waals surface area contributed by atoms with Crippen LogP contribution in [0.15, 0.2) is 59.5 Å². The Balaban J connectivity index is 1.45. The van der Waals surface area contributed by atoms with E-state index >= 15 is 0 Å². The van der Waals surface area contributed by atoms with Gasteiger partial charge in [0, 0.05) is 28.3 Å². The number of rotatable bonds is 7. The summed E-state index contributed by atoms with van der Waals surface area (Å²) in [6.07, 6.45) is 3.51. The molecule has 120 valence electrons. The minimum absolute atomic E-state index is 0.105. The molecule has 0 bridgehead atoms. The highest BCUT2D eigenvalue weighted by molar-refractivity contribution is 8.01. The highest BCUT2D eigenvalue weighted by Crippen LogP contribution is 2.51. The summed E-state index contributed by atoms with van der Waals surface area (Å²) in [7, 11) is 0. The molecule has 2 aromatic rings. The SMILES string of the molecule is Nc1ccccc1CCC(=O)NCC1(Sc2ccccc2)CC1. The van der Waals surface area contributed by atoms with Crippen molar-refractivity contribution in [1.82, 2.24) is 5.32 Å². The maximum atomic E-state index is 12.1. The quantitative estimate of drug-likeness (QED) is 0.764. The topological polar surface area (TPSA) is 55.1 Å². The average molecular weight is 326 g/mol. The smallest absolute Gasteiger partial charge is 0.220 e. The monoisotopic (exact) mass is 326 g/mol. The molecule has 0 radical (unpaired) electrons. The van der Waals surface area contributed by atoms with Crippen molar-refractivity contribution in [3.8, 4) is 0 Å². The van der Waals surface area contributed by atoms with Gasteiger partial charge in [-0.05, 0) is 43.0 Å². The minimum Gasteiger partial charge on any atom is -0.399 e. The first-order valence-electron chi connectivity index (χ1n) is 8.01. The van der Waals surface area contributed by atoms with Gasteiger partial charge in [-0.25, -0.2) is 0 Å². The van der Waals surface area contributed by atoms with E-state index in [4.69, 9.17) is 5.73 Å². The van der Waals surface area contributed by atoms with Crippen LogP contribution in [0.4, 0.5) is 5.69 Å². The van der Waals surface area contributed by atoms with Crippen LogP contribution < -0.4 is 11.1 Å². The number of hydrogen-bond donors (Lipinski definition) is 2. The van der Waals surface area contributed by atoms with Crippen molar-refractivity contribution in [2.45, 2.75) is 35.3 Å². The highest BCUT2D eigenvalue weighted by Gasteiger charge is 2.43. The van der Waals surface area contributed by atoms with E-state index in [1.54, 1.807) is 0 Å². The normalized spacial score (nSPS) is 15.1. The predicted molar refractivity (Wildman–Crippen MR) is 96.4 cm³/mol. The highest BCUT2D eigenvalue weighted by atomic mass is 32.2. The van der Waals surface area contributed by atoms with Crippen molar-refractivity contribution in [3.63, 3.8) is 0 Å². The van der Waals surface area contributed by atoms with Crippen molar-refractivity contribution in [2.75, 3.05) is 12.3 Å². The number of nitrogens with one attached hydrogen (secondary N) is 1. The molecule has 2 aromatic carbocycles. The molecular weight excluding hydrogens is 304 g/mol. The molecule has 1 fully saturated rings. The van der Waals surface area contributed by atoms with Gasteiger partial charge in [0.25, 0.3) is 0 Å². The van der Waals surface area contributed by atoms with Gasteiger partial charge in [0.2, 0.25) is 5.91 Å². The number of aryl methyl sites for hydroxylation is 1. The Morgan fingerprint density at radius 3 is 2.48 bits per heavy atom. The van der Waals surface area contributed by atoms with Gasteiger partial charge in [0.15, 0.2) is 0 Å². The van der Waals surface area contributed by atoms with Gasteiger partial charge in [-0.2, -0.15) is 0 Å². The first-order valence-corrected chi connectivity index (χ1v) is 8.83. The van der Waals surface area contributed by atoms with Crippen molar-refractivity contribution in [3.05, 3.63) is 60.2 Å². The van der Waals surface area contributed by atoms with Crippen LogP contribution in [0.1, 0.15) is 24.8 Å². The lowest BCUT2D eigenvalue weighted by molar-refractivity contribution is -0.121. The van der Waals surface area contributed by atoms with Gasteiger partial charge in [-0.3, -0.25) is 4.79 Å². The maximum absolute atomic E-state index is 12.1. The molecule has 3 N–H and O–H groups in total. The molecule has 1 saturated carbocycles. The van der Waals surface area contributed by atoms with E-state index in [9.17, 15) is 4.79 Å². The van der Waals surface area contributed by atoms with Gasteiger partial charge in [-0.1, -0.05) is 36.4 Å². The number of benzene rings is 2. The lowest BCUT2D eigenvalue weighted by Gasteiger charge is -2.16. The summed E-state index contributed by atoms with van der Waals surface area (Å²) in [5.41, 5.74) is 7.72. The standard InChI is InChI=1S/C19H22N2OS/c20-17-9-5-4-6-15(17)10-11-18(22)21-14-19(12-13-19)23-16-7-2-1-3-8-16/h1-9H,10-14,20H2,(H,21,22). The van der Waals surface area contributed by atoms with E-state index in [-0.39, 0.29) is 10.7 Å². The molecule has 0 aliphatic heterocycles. The lowest BCUT2D eigenvalue weighted by Crippen LogP contribution is -2.31. The van der Waals surface area contributed by atoms with Crippen LogP contribution in [0.25, 0.3) is 0 Å². The first kappa shape index (κ1) is 15.9. The van der Waals surface area contributed by atoms with Gasteiger partial charge in [-0.15, -0.1) is 11.8 Å². The van der Waals surface area contributed by atoms with Gasteiger partial charge < -0.3 is 11.1 Å². The Bertz CT molecular complexity index is 668. The number of thioether (sulfide) groups is 1. The molecule has 4 heteroatoms. The molecular formula is C19H22N2OS. The van der Waals surface area contributed by atoms with Crippen LogP contribution in [0.3, 0.4) is 0 Å². The fourth-order valence-corrected chi connectivity index (χ4v) is 3.79. The van der Waals surface area contributed by atoms with Gasteiger partial charge >= 0.3 is 0 Å². The van der Waals surface area contributed by atoms with Crippen LogP contribution in [0, 0.1) is 0 Å². The number of hydrogen-bond acceptors (Lipinski definition) is 3. The van der Waals surface area contributed by atoms with Gasteiger partial charge in [0.1, 0.15) is 0 Å². The molecule has 0 saturated heterocycles. The van der Waals surface area contributed by atoms with Crippen LogP contribution in [0.5, 0.6) is 0 Å². The summed E-state index contributed by atoms with van der Waals surface area (Å²) in [4.78, 5) is 13.4. The number of carbonyl (C=O) groups is 1. The van der Waals surface area contributed by atoms with Crippen LogP contribution in [0.2, 0.25) is 0 Å². The second-order valence-corrected chi connectivity index (χ2v) is 7.62. The minimum atomic E-state index is 0.105. The van der Waals surface area contributed by atoms with Crippen LogP contribution in [-0.2, 0) is 11.2 Å². The molecule has 0 heterocycles. The van der Waals surface area contributed by atoms with E-state index in [0.29, 0.717) is 12.8 Å². The zero-order chi connectivity index (χ0) is 16.1. The van der Waals surface area contributed by atoms with Crippen molar-refractivity contribution < 1.29 is 4.79 Å². The van der Waals surface area contributed by atoms with E-state index < -0.39 is 0 Å². The summed E-state index contributed by atoms with van der Waals surface area (Å²) in [6.45, 7) is 0.746. The number of nitrogen functional groups attached to an aromatic ring is 1. The summed E-state index contributed by atoms with van der Waals surface area (Å²) in [5, 5.41) is 3.09. The van der Waals surface area contributed by atoms with Crippen LogP contribution >= 0.6 is 11.8 Å². The third kappa shape index (κ3) is 4.52. The third-order valence-corrected chi connectivity index (χ3v) is 5.66. The summed E-state index contributed by atoms with van der Waals surface area (Å²) >= 11 is 1.88. The summed E-state index contributed by atoms with van der Waals surface area (Å²) in [5.74, 6) is 0.105. The van der Waals surface area contributed by atoms with E-state index in [1.807, 2.05) is 42.1 Å². The Morgan fingerprint density at radius 1 is 1.09 bits per heavy atom. The van der Waals surface area contributed by atoms with Crippen molar-refractivity contribution in [2.24, 2.45) is 0 Å². The fraction of sp³-hybridized carbons (Fsp3) is 0.316. The second kappa shape index (κ2) is 7.09. The number of anilines is 1. The maximum Gasteiger partial charge on any atom is 0.220 e. The Kier molecular flexibility index (Phi) is 4.91. The predicted octanol–water partition coefficient (Wildman–Crippen LogP) is 3.64. The fourth-order valence-electron chi connectivity index (χ4n) is 2.55. The molecule has 3 rings (SSSR count). The number of nitrogens with two attached hydrogens (primary N) is 1. The van der Waals surface area contributed by atoms with Crippen molar-refractivity contribution in [1.29, 1.82) is 0 Å². The van der Waals surface area contributed by atoms with E-state index in [0.717, 1.165) is 17.8 Å². The second-order valence-electron chi connectivity index (χ2n) is 6.07. The molecule has 1 aliphatic carbocycles. The molecule has 1 aliphatic rings.